The molecule has 0 radical (unpaired) electrons. The predicted octanol–water partition coefficient (Wildman–Crippen LogP) is 3.88. The van der Waals surface area contributed by atoms with E-state index < -0.39 is 23.2 Å². The molecule has 0 atom stereocenters. The summed E-state index contributed by atoms with van der Waals surface area (Å²) in [4.78, 5) is 11.7. The van der Waals surface area contributed by atoms with E-state index >= 15 is 0 Å². The largest absolute Gasteiger partial charge is 0.456 e. The van der Waals surface area contributed by atoms with Crippen LogP contribution >= 0.6 is 15.9 Å². The van der Waals surface area contributed by atoms with Crippen LogP contribution in [0.1, 0.15) is 16.3 Å². The molecule has 94 valence electrons. The summed E-state index contributed by atoms with van der Waals surface area (Å²) in [6.45, 7) is 1.66. The molecule has 6 heteroatoms. The minimum Gasteiger partial charge on any atom is -0.456 e. The third-order valence-corrected chi connectivity index (χ3v) is 2.67. The van der Waals surface area contributed by atoms with Crippen LogP contribution in [0.2, 0.25) is 0 Å². The summed E-state index contributed by atoms with van der Waals surface area (Å²) in [6, 6.07) is 5.14. The summed E-state index contributed by atoms with van der Waals surface area (Å²) in [7, 11) is 0. The van der Waals surface area contributed by atoms with Gasteiger partial charge in [0.05, 0.1) is 0 Å². The molecule has 1 aromatic heterocycles. The first kappa shape index (κ1) is 12.8. The number of carbonyl (C=O) groups is 1. The molecule has 3 nitrogen and oxygen atoms in total. The molecule has 2 aromatic rings. The molecule has 0 fully saturated rings. The average Bonchev–Trinajstić information content (AvgIpc) is 2.70. The molecule has 1 N–H and O–H groups in total. The lowest BCUT2D eigenvalue weighted by Crippen LogP contribution is -2.13. The molecular formula is C12H8BrF2NO2. The molecular weight excluding hydrogens is 308 g/mol. The maximum atomic E-state index is 13.5. The number of amides is 1. The van der Waals surface area contributed by atoms with Gasteiger partial charge >= 0.3 is 0 Å². The Hall–Kier alpha value is -1.69. The molecule has 0 aliphatic heterocycles. The van der Waals surface area contributed by atoms with Crippen LogP contribution in [0.25, 0.3) is 0 Å². The van der Waals surface area contributed by atoms with Gasteiger partial charge in [0, 0.05) is 4.47 Å². The quantitative estimate of drug-likeness (QED) is 0.913. The van der Waals surface area contributed by atoms with E-state index in [2.05, 4.69) is 21.2 Å². The number of aryl methyl sites for hydroxylation is 1. The molecule has 1 heterocycles. The number of anilines is 1. The fraction of sp³-hybridized carbons (Fsp3) is 0.0833. The molecule has 0 saturated carbocycles. The smallest absolute Gasteiger partial charge is 0.291 e. The fourth-order valence-corrected chi connectivity index (χ4v) is 1.80. The highest BCUT2D eigenvalue weighted by Gasteiger charge is 2.16. The summed E-state index contributed by atoms with van der Waals surface area (Å²) in [5.74, 6) is -1.90. The van der Waals surface area contributed by atoms with Crippen molar-refractivity contribution in [1.82, 2.24) is 0 Å². The van der Waals surface area contributed by atoms with Crippen LogP contribution in [-0.2, 0) is 0 Å². The van der Waals surface area contributed by atoms with E-state index in [4.69, 9.17) is 4.42 Å². The van der Waals surface area contributed by atoms with Crippen molar-refractivity contribution in [3.8, 4) is 0 Å². The van der Waals surface area contributed by atoms with Gasteiger partial charge in [0.15, 0.2) is 17.4 Å². The minimum atomic E-state index is -0.862. The van der Waals surface area contributed by atoms with E-state index in [9.17, 15) is 13.6 Å². The summed E-state index contributed by atoms with van der Waals surface area (Å²) in [5.41, 5.74) is -0.503. The third kappa shape index (κ3) is 2.59. The number of furan rings is 1. The highest BCUT2D eigenvalue weighted by Crippen LogP contribution is 2.24. The zero-order valence-electron chi connectivity index (χ0n) is 9.26. The van der Waals surface area contributed by atoms with Crippen molar-refractivity contribution >= 4 is 27.5 Å². The molecule has 0 spiro atoms. The number of hydrogen-bond acceptors (Lipinski definition) is 2. The number of rotatable bonds is 2. The number of halogens is 3. The maximum Gasteiger partial charge on any atom is 0.291 e. The van der Waals surface area contributed by atoms with Crippen LogP contribution in [0.3, 0.4) is 0 Å². The van der Waals surface area contributed by atoms with Crippen LogP contribution in [0.4, 0.5) is 14.5 Å². The zero-order chi connectivity index (χ0) is 13.3. The van der Waals surface area contributed by atoms with Crippen molar-refractivity contribution in [2.75, 3.05) is 5.32 Å². The summed E-state index contributed by atoms with van der Waals surface area (Å²) >= 11 is 2.95. The van der Waals surface area contributed by atoms with Crippen molar-refractivity contribution in [2.45, 2.75) is 6.92 Å². The predicted molar refractivity (Wildman–Crippen MR) is 65.5 cm³/mol. The molecule has 0 bridgehead atoms. The maximum absolute atomic E-state index is 13.5. The van der Waals surface area contributed by atoms with Gasteiger partial charge in [-0.1, -0.05) is 15.9 Å². The second-order valence-electron chi connectivity index (χ2n) is 3.61. The van der Waals surface area contributed by atoms with Crippen molar-refractivity contribution in [1.29, 1.82) is 0 Å². The van der Waals surface area contributed by atoms with Gasteiger partial charge in [0.1, 0.15) is 11.4 Å². The van der Waals surface area contributed by atoms with Crippen molar-refractivity contribution in [2.24, 2.45) is 0 Å². The van der Waals surface area contributed by atoms with Crippen LogP contribution in [-0.4, -0.2) is 5.91 Å². The Morgan fingerprint density at radius 1 is 1.28 bits per heavy atom. The Morgan fingerprint density at radius 2 is 1.89 bits per heavy atom. The molecule has 0 aliphatic carbocycles. The number of benzene rings is 1. The van der Waals surface area contributed by atoms with Gasteiger partial charge in [0.25, 0.3) is 5.91 Å². The topological polar surface area (TPSA) is 42.2 Å². The molecule has 18 heavy (non-hydrogen) atoms. The first-order chi connectivity index (χ1) is 8.47. The lowest BCUT2D eigenvalue weighted by atomic mass is 10.3. The highest BCUT2D eigenvalue weighted by atomic mass is 79.9. The van der Waals surface area contributed by atoms with E-state index in [0.29, 0.717) is 5.76 Å². The monoisotopic (exact) mass is 315 g/mol. The first-order valence-electron chi connectivity index (χ1n) is 4.99. The Kier molecular flexibility index (Phi) is 3.47. The fourth-order valence-electron chi connectivity index (χ4n) is 1.39. The van der Waals surface area contributed by atoms with Crippen LogP contribution in [0.15, 0.2) is 33.2 Å². The minimum absolute atomic E-state index is 0.00535. The number of carbonyl (C=O) groups excluding carboxylic acids is 1. The van der Waals surface area contributed by atoms with Gasteiger partial charge in [-0.05, 0) is 31.2 Å². The Balaban J connectivity index is 2.27. The molecule has 2 rings (SSSR count). The van der Waals surface area contributed by atoms with E-state index in [1.807, 2.05) is 0 Å². The Morgan fingerprint density at radius 3 is 2.39 bits per heavy atom. The van der Waals surface area contributed by atoms with Gasteiger partial charge < -0.3 is 9.73 Å². The lowest BCUT2D eigenvalue weighted by molar-refractivity contribution is 0.0994. The van der Waals surface area contributed by atoms with Gasteiger partial charge in [-0.25, -0.2) is 8.78 Å². The number of hydrogen-bond donors (Lipinski definition) is 1. The molecule has 0 aliphatic rings. The average molecular weight is 316 g/mol. The second-order valence-corrected chi connectivity index (χ2v) is 4.52. The van der Waals surface area contributed by atoms with Gasteiger partial charge in [-0.15, -0.1) is 0 Å². The Labute approximate surface area is 110 Å². The first-order valence-corrected chi connectivity index (χ1v) is 5.79. The Bertz CT molecular complexity index is 587. The summed E-state index contributed by atoms with van der Waals surface area (Å²) in [5, 5.41) is 2.13. The highest BCUT2D eigenvalue weighted by molar-refractivity contribution is 9.10. The van der Waals surface area contributed by atoms with Gasteiger partial charge in [0.2, 0.25) is 0 Å². The van der Waals surface area contributed by atoms with Crippen molar-refractivity contribution < 1.29 is 18.0 Å². The third-order valence-electron chi connectivity index (χ3n) is 2.21. The van der Waals surface area contributed by atoms with E-state index in [0.717, 1.165) is 12.1 Å². The van der Waals surface area contributed by atoms with Crippen molar-refractivity contribution in [3.05, 3.63) is 51.9 Å². The van der Waals surface area contributed by atoms with E-state index in [-0.39, 0.29) is 10.2 Å². The zero-order valence-corrected chi connectivity index (χ0v) is 10.8. The van der Waals surface area contributed by atoms with Gasteiger partial charge in [-0.3, -0.25) is 4.79 Å². The van der Waals surface area contributed by atoms with Gasteiger partial charge in [-0.2, -0.15) is 0 Å². The van der Waals surface area contributed by atoms with E-state index in [1.54, 1.807) is 13.0 Å². The van der Waals surface area contributed by atoms with Crippen LogP contribution in [0, 0.1) is 18.6 Å². The summed E-state index contributed by atoms with van der Waals surface area (Å²) in [6.07, 6.45) is 0. The molecule has 0 unspecified atom stereocenters. The molecule has 1 amide bonds. The molecule has 0 saturated heterocycles. The van der Waals surface area contributed by atoms with Crippen LogP contribution in [0.5, 0.6) is 0 Å². The van der Waals surface area contributed by atoms with Crippen molar-refractivity contribution in [3.63, 3.8) is 0 Å². The lowest BCUT2D eigenvalue weighted by Gasteiger charge is -2.06. The SMILES string of the molecule is Cc1ccc(C(=O)Nc2c(F)cc(Br)cc2F)o1. The normalized spacial score (nSPS) is 10.4. The standard InChI is InChI=1S/C12H8BrF2NO2/c1-6-2-3-10(18-6)12(17)16-11-8(14)4-7(13)5-9(11)15/h2-5H,1H3,(H,16,17). The molecule has 1 aromatic carbocycles. The van der Waals surface area contributed by atoms with Crippen LogP contribution < -0.4 is 5.32 Å². The number of nitrogens with one attached hydrogen (secondary N) is 1. The second kappa shape index (κ2) is 4.89. The van der Waals surface area contributed by atoms with E-state index in [1.165, 1.54) is 6.07 Å². The summed E-state index contributed by atoms with van der Waals surface area (Å²) < 4.78 is 32.3.